The SMILES string of the molecule is O=C(C1CN(C(=O)CSc2ccc(Br)cc2)c2ccccc2O1)N1CCOCC1. The van der Waals surface area contributed by atoms with Gasteiger partial charge in [-0.15, -0.1) is 11.8 Å². The van der Waals surface area contributed by atoms with E-state index in [9.17, 15) is 9.59 Å². The van der Waals surface area contributed by atoms with Crippen molar-refractivity contribution in [2.75, 3.05) is 43.5 Å². The number of nitrogens with zero attached hydrogens (tertiary/aromatic N) is 2. The number of benzene rings is 2. The molecule has 0 aromatic heterocycles. The van der Waals surface area contributed by atoms with Gasteiger partial charge in [-0.1, -0.05) is 28.1 Å². The first kappa shape index (κ1) is 20.3. The standard InChI is InChI=1S/C21H21BrN2O4S/c22-15-5-7-16(8-6-15)29-14-20(25)24-13-19(21(26)23-9-11-27-12-10-23)28-18-4-2-1-3-17(18)24/h1-8,19H,9-14H2. The zero-order chi connectivity index (χ0) is 20.2. The predicted molar refractivity (Wildman–Crippen MR) is 115 cm³/mol. The summed E-state index contributed by atoms with van der Waals surface area (Å²) < 4.78 is 12.3. The van der Waals surface area contributed by atoms with Gasteiger partial charge < -0.3 is 19.3 Å². The van der Waals surface area contributed by atoms with Crippen LogP contribution in [-0.2, 0) is 14.3 Å². The van der Waals surface area contributed by atoms with E-state index in [-0.39, 0.29) is 24.1 Å². The molecular weight excluding hydrogens is 456 g/mol. The molecule has 1 saturated heterocycles. The van der Waals surface area contributed by atoms with Crippen molar-refractivity contribution in [1.29, 1.82) is 0 Å². The average molecular weight is 477 g/mol. The monoisotopic (exact) mass is 476 g/mol. The van der Waals surface area contributed by atoms with Gasteiger partial charge in [0.1, 0.15) is 5.75 Å². The number of carbonyl (C=O) groups excluding carboxylic acids is 2. The van der Waals surface area contributed by atoms with Crippen LogP contribution in [0.2, 0.25) is 0 Å². The molecule has 29 heavy (non-hydrogen) atoms. The minimum atomic E-state index is -0.704. The van der Waals surface area contributed by atoms with Crippen LogP contribution in [0.3, 0.4) is 0 Å². The quantitative estimate of drug-likeness (QED) is 0.634. The molecule has 2 aliphatic heterocycles. The van der Waals surface area contributed by atoms with Gasteiger partial charge in [-0.05, 0) is 36.4 Å². The minimum Gasteiger partial charge on any atom is -0.476 e. The fourth-order valence-corrected chi connectivity index (χ4v) is 4.38. The first-order valence-electron chi connectivity index (χ1n) is 9.43. The third kappa shape index (κ3) is 4.76. The van der Waals surface area contributed by atoms with E-state index >= 15 is 0 Å². The Morgan fingerprint density at radius 2 is 1.79 bits per heavy atom. The summed E-state index contributed by atoms with van der Waals surface area (Å²) in [6.07, 6.45) is -0.704. The van der Waals surface area contributed by atoms with Crippen LogP contribution in [0.4, 0.5) is 5.69 Å². The molecule has 8 heteroatoms. The smallest absolute Gasteiger partial charge is 0.265 e. The van der Waals surface area contributed by atoms with Crippen molar-refractivity contribution in [1.82, 2.24) is 4.90 Å². The molecule has 0 spiro atoms. The van der Waals surface area contributed by atoms with Crippen molar-refractivity contribution in [2.24, 2.45) is 0 Å². The van der Waals surface area contributed by atoms with Crippen LogP contribution in [0.15, 0.2) is 57.9 Å². The van der Waals surface area contributed by atoms with E-state index in [1.165, 1.54) is 11.8 Å². The number of amides is 2. The molecule has 1 fully saturated rings. The molecule has 2 aromatic rings. The summed E-state index contributed by atoms with van der Waals surface area (Å²) in [7, 11) is 0. The summed E-state index contributed by atoms with van der Waals surface area (Å²) in [6, 6.07) is 15.2. The second-order valence-corrected chi connectivity index (χ2v) is 8.72. The summed E-state index contributed by atoms with van der Waals surface area (Å²) in [5.41, 5.74) is 0.708. The number of para-hydroxylation sites is 2. The zero-order valence-electron chi connectivity index (χ0n) is 15.8. The van der Waals surface area contributed by atoms with Gasteiger partial charge in [0.15, 0.2) is 6.10 Å². The number of hydrogen-bond acceptors (Lipinski definition) is 5. The van der Waals surface area contributed by atoms with Gasteiger partial charge in [0.25, 0.3) is 5.91 Å². The highest BCUT2D eigenvalue weighted by Gasteiger charge is 2.36. The lowest BCUT2D eigenvalue weighted by Crippen LogP contribution is -2.54. The van der Waals surface area contributed by atoms with Gasteiger partial charge in [-0.25, -0.2) is 0 Å². The Labute approximate surface area is 182 Å². The normalized spacial score (nSPS) is 18.7. The summed E-state index contributed by atoms with van der Waals surface area (Å²) in [5.74, 6) is 0.705. The second-order valence-electron chi connectivity index (χ2n) is 6.76. The number of ether oxygens (including phenoxy) is 2. The van der Waals surface area contributed by atoms with Crippen LogP contribution in [-0.4, -0.2) is 61.4 Å². The number of thioether (sulfide) groups is 1. The Hall–Kier alpha value is -2.03. The molecule has 0 aliphatic carbocycles. The lowest BCUT2D eigenvalue weighted by molar-refractivity contribution is -0.142. The molecule has 0 bridgehead atoms. The van der Waals surface area contributed by atoms with Gasteiger partial charge in [-0.2, -0.15) is 0 Å². The first-order chi connectivity index (χ1) is 14.1. The molecule has 0 N–H and O–H groups in total. The Balaban J connectivity index is 1.49. The Kier molecular flexibility index (Phi) is 6.42. The third-order valence-electron chi connectivity index (χ3n) is 4.85. The van der Waals surface area contributed by atoms with E-state index in [1.807, 2.05) is 42.5 Å². The van der Waals surface area contributed by atoms with Gasteiger partial charge in [0.2, 0.25) is 5.91 Å². The fourth-order valence-electron chi connectivity index (χ4n) is 3.34. The van der Waals surface area contributed by atoms with Crippen molar-refractivity contribution < 1.29 is 19.1 Å². The summed E-state index contributed by atoms with van der Waals surface area (Å²) in [5, 5.41) is 0. The van der Waals surface area contributed by atoms with Crippen molar-refractivity contribution in [3.8, 4) is 5.75 Å². The average Bonchev–Trinajstić information content (AvgIpc) is 2.78. The molecule has 0 radical (unpaired) electrons. The molecule has 2 amide bonds. The van der Waals surface area contributed by atoms with Gasteiger partial charge in [-0.3, -0.25) is 9.59 Å². The van der Waals surface area contributed by atoms with Crippen molar-refractivity contribution in [3.63, 3.8) is 0 Å². The maximum atomic E-state index is 13.0. The van der Waals surface area contributed by atoms with Crippen LogP contribution in [0, 0.1) is 0 Å². The first-order valence-corrected chi connectivity index (χ1v) is 11.2. The molecule has 1 atom stereocenters. The van der Waals surface area contributed by atoms with Gasteiger partial charge in [0.05, 0.1) is 31.2 Å². The molecule has 4 rings (SSSR count). The number of morpholine rings is 1. The van der Waals surface area contributed by atoms with Crippen LogP contribution >= 0.6 is 27.7 Å². The fraction of sp³-hybridized carbons (Fsp3) is 0.333. The topological polar surface area (TPSA) is 59.1 Å². The van der Waals surface area contributed by atoms with Gasteiger partial charge >= 0.3 is 0 Å². The van der Waals surface area contributed by atoms with Crippen molar-refractivity contribution in [2.45, 2.75) is 11.0 Å². The van der Waals surface area contributed by atoms with E-state index in [1.54, 1.807) is 15.9 Å². The van der Waals surface area contributed by atoms with Crippen LogP contribution in [0.1, 0.15) is 0 Å². The number of anilines is 1. The maximum absolute atomic E-state index is 13.0. The minimum absolute atomic E-state index is 0.0477. The molecule has 0 saturated carbocycles. The van der Waals surface area contributed by atoms with E-state index in [4.69, 9.17) is 9.47 Å². The van der Waals surface area contributed by atoms with E-state index in [0.717, 1.165) is 9.37 Å². The molecule has 2 heterocycles. The molecule has 6 nitrogen and oxygen atoms in total. The summed E-state index contributed by atoms with van der Waals surface area (Å²) in [4.78, 5) is 30.4. The Bertz CT molecular complexity index is 887. The maximum Gasteiger partial charge on any atom is 0.265 e. The molecular formula is C21H21BrN2O4S. The lowest BCUT2D eigenvalue weighted by Gasteiger charge is -2.37. The largest absolute Gasteiger partial charge is 0.476 e. The number of halogens is 1. The summed E-state index contributed by atoms with van der Waals surface area (Å²) >= 11 is 4.90. The van der Waals surface area contributed by atoms with Crippen molar-refractivity contribution >= 4 is 45.2 Å². The molecule has 2 aromatic carbocycles. The second kappa shape index (κ2) is 9.19. The Morgan fingerprint density at radius 1 is 1.07 bits per heavy atom. The van der Waals surface area contributed by atoms with Crippen LogP contribution < -0.4 is 9.64 Å². The highest BCUT2D eigenvalue weighted by Crippen LogP contribution is 2.34. The molecule has 1 unspecified atom stereocenters. The summed E-state index contributed by atoms with van der Waals surface area (Å²) in [6.45, 7) is 2.37. The highest BCUT2D eigenvalue weighted by molar-refractivity contribution is 9.10. The van der Waals surface area contributed by atoms with E-state index in [0.29, 0.717) is 37.7 Å². The molecule has 152 valence electrons. The Morgan fingerprint density at radius 3 is 2.55 bits per heavy atom. The number of rotatable bonds is 4. The highest BCUT2D eigenvalue weighted by atomic mass is 79.9. The van der Waals surface area contributed by atoms with Crippen LogP contribution in [0.5, 0.6) is 5.75 Å². The molecule has 2 aliphatic rings. The van der Waals surface area contributed by atoms with Crippen molar-refractivity contribution in [3.05, 3.63) is 53.0 Å². The van der Waals surface area contributed by atoms with E-state index < -0.39 is 6.10 Å². The lowest BCUT2D eigenvalue weighted by atomic mass is 10.1. The number of carbonyl (C=O) groups is 2. The van der Waals surface area contributed by atoms with Crippen LogP contribution in [0.25, 0.3) is 0 Å². The van der Waals surface area contributed by atoms with Gasteiger partial charge in [0, 0.05) is 22.5 Å². The van der Waals surface area contributed by atoms with E-state index in [2.05, 4.69) is 15.9 Å². The number of fused-ring (bicyclic) bond motifs is 1. The zero-order valence-corrected chi connectivity index (χ0v) is 18.2. The predicted octanol–water partition coefficient (Wildman–Crippen LogP) is 3.19. The third-order valence-corrected chi connectivity index (χ3v) is 6.37. The number of hydrogen-bond donors (Lipinski definition) is 0.